The molecule has 0 unspecified atom stereocenters. The molecule has 3 amide bonds. The highest BCUT2D eigenvalue weighted by Gasteiger charge is 2.20. The average Bonchev–Trinajstić information content (AvgIpc) is 3.60. The van der Waals surface area contributed by atoms with Crippen LogP contribution in [0, 0.1) is 17.6 Å². The molecule has 214 valence electrons. The number of methoxy groups -OCH3 is 1. The average molecular weight is 599 g/mol. The molecule has 9 nitrogen and oxygen atoms in total. The fourth-order valence-electron chi connectivity index (χ4n) is 4.61. The number of ether oxygens (including phenoxy) is 1. The number of nitrogens with two attached hydrogens (primary N) is 1. The predicted molar refractivity (Wildman–Crippen MR) is 158 cm³/mol. The van der Waals surface area contributed by atoms with Crippen molar-refractivity contribution < 1.29 is 23.1 Å². The number of nitrogen functional groups attached to an aromatic ring is 1. The number of nitrogens with one attached hydrogen (secondary N) is 3. The second-order valence-electron chi connectivity index (χ2n) is 9.61. The van der Waals surface area contributed by atoms with Crippen LogP contribution in [0.1, 0.15) is 42.5 Å². The number of nitrogens with zero attached hydrogens (tertiary/aromatic N) is 2. The normalized spacial score (nSPS) is 13.5. The van der Waals surface area contributed by atoms with Crippen LogP contribution in [0.5, 0.6) is 5.75 Å². The number of amides is 3. The molecule has 4 aromatic rings. The Morgan fingerprint density at radius 3 is 2.66 bits per heavy atom. The standard InChI is InChI=1S/C28H28F2N6O3S2/c1-39-17-9-5-8-16(10-17)25(37)33-21-11-18(19(29)12-20(21)30)22-14-40-26(34-22)23-24(31)35-28(41-23)36-27(38)32-13-15-6-3-2-4-7-15/h5,8-12,14-15H,2-4,6-7,13,31H2,1H3,(H,33,37)(H2,32,35,36,38). The zero-order valence-corrected chi connectivity index (χ0v) is 23.8. The first-order valence-corrected chi connectivity index (χ1v) is 14.7. The van der Waals surface area contributed by atoms with Crippen molar-refractivity contribution in [1.82, 2.24) is 15.3 Å². The van der Waals surface area contributed by atoms with E-state index in [0.717, 1.165) is 24.2 Å². The SMILES string of the molecule is COc1cccc(C(=O)Nc2cc(-c3csc(-c4sc(NC(=O)NCC5CCCCC5)nc4N)n3)c(F)cc2F)c1. The van der Waals surface area contributed by atoms with Gasteiger partial charge in [0.2, 0.25) is 0 Å². The van der Waals surface area contributed by atoms with Crippen molar-refractivity contribution in [1.29, 1.82) is 0 Å². The van der Waals surface area contributed by atoms with Crippen LogP contribution in [-0.4, -0.2) is 35.6 Å². The summed E-state index contributed by atoms with van der Waals surface area (Å²) in [6.07, 6.45) is 5.87. The molecule has 0 saturated heterocycles. The van der Waals surface area contributed by atoms with Crippen LogP contribution < -0.4 is 26.4 Å². The van der Waals surface area contributed by atoms with Gasteiger partial charge in [-0.3, -0.25) is 10.1 Å². The Labute approximate surface area is 243 Å². The molecule has 0 bridgehead atoms. The molecule has 2 aromatic heterocycles. The van der Waals surface area contributed by atoms with E-state index in [0.29, 0.717) is 39.3 Å². The highest BCUT2D eigenvalue weighted by molar-refractivity contribution is 7.23. The van der Waals surface area contributed by atoms with Crippen molar-refractivity contribution in [2.24, 2.45) is 5.92 Å². The van der Waals surface area contributed by atoms with Gasteiger partial charge in [0.25, 0.3) is 5.91 Å². The smallest absolute Gasteiger partial charge is 0.321 e. The van der Waals surface area contributed by atoms with E-state index in [1.807, 2.05) is 0 Å². The minimum atomic E-state index is -0.929. The number of aromatic nitrogens is 2. The summed E-state index contributed by atoms with van der Waals surface area (Å²) >= 11 is 2.34. The van der Waals surface area contributed by atoms with Crippen LogP contribution in [0.15, 0.2) is 41.8 Å². The van der Waals surface area contributed by atoms with Gasteiger partial charge in [0.15, 0.2) is 5.13 Å². The molecule has 2 aromatic carbocycles. The maximum atomic E-state index is 14.8. The third-order valence-electron chi connectivity index (χ3n) is 6.76. The first-order valence-electron chi connectivity index (χ1n) is 13.0. The van der Waals surface area contributed by atoms with E-state index in [1.54, 1.807) is 23.6 Å². The molecule has 0 atom stereocenters. The van der Waals surface area contributed by atoms with Gasteiger partial charge in [-0.15, -0.1) is 11.3 Å². The fraction of sp³-hybridized carbons (Fsp3) is 0.286. The van der Waals surface area contributed by atoms with Crippen LogP contribution in [-0.2, 0) is 0 Å². The maximum absolute atomic E-state index is 14.8. The number of halogens is 2. The maximum Gasteiger partial charge on any atom is 0.321 e. The van der Waals surface area contributed by atoms with E-state index in [1.165, 1.54) is 49.8 Å². The molecule has 0 spiro atoms. The second-order valence-corrected chi connectivity index (χ2v) is 11.5. The lowest BCUT2D eigenvalue weighted by Gasteiger charge is -2.21. The van der Waals surface area contributed by atoms with Crippen molar-refractivity contribution >= 4 is 51.2 Å². The zero-order chi connectivity index (χ0) is 28.9. The van der Waals surface area contributed by atoms with E-state index in [-0.39, 0.29) is 34.4 Å². The molecule has 1 aliphatic rings. The Morgan fingerprint density at radius 1 is 1.07 bits per heavy atom. The zero-order valence-electron chi connectivity index (χ0n) is 22.1. The summed E-state index contributed by atoms with van der Waals surface area (Å²) in [4.78, 5) is 34.3. The minimum Gasteiger partial charge on any atom is -0.497 e. The summed E-state index contributed by atoms with van der Waals surface area (Å²) < 4.78 is 34.6. The Bertz CT molecular complexity index is 1570. The highest BCUT2D eigenvalue weighted by Crippen LogP contribution is 2.39. The van der Waals surface area contributed by atoms with Gasteiger partial charge in [-0.25, -0.2) is 23.5 Å². The quantitative estimate of drug-likeness (QED) is 0.177. The number of carbonyl (C=O) groups excluding carboxylic acids is 2. The largest absolute Gasteiger partial charge is 0.497 e. The van der Waals surface area contributed by atoms with Crippen LogP contribution in [0.4, 0.5) is 30.2 Å². The first-order chi connectivity index (χ1) is 19.8. The highest BCUT2D eigenvalue weighted by atomic mass is 32.1. The first kappa shape index (κ1) is 28.4. The van der Waals surface area contributed by atoms with Gasteiger partial charge in [-0.05, 0) is 43.0 Å². The Balaban J connectivity index is 1.29. The molecule has 0 aliphatic heterocycles. The fourth-order valence-corrected chi connectivity index (χ4v) is 6.41. The van der Waals surface area contributed by atoms with Gasteiger partial charge < -0.3 is 21.1 Å². The third kappa shape index (κ3) is 6.80. The summed E-state index contributed by atoms with van der Waals surface area (Å²) in [5, 5.41) is 10.5. The van der Waals surface area contributed by atoms with Gasteiger partial charge in [0.1, 0.15) is 33.1 Å². The van der Waals surface area contributed by atoms with Crippen LogP contribution in [0.3, 0.4) is 0 Å². The molecule has 13 heteroatoms. The van der Waals surface area contributed by atoms with Crippen LogP contribution >= 0.6 is 22.7 Å². The van der Waals surface area contributed by atoms with Gasteiger partial charge in [0.05, 0.1) is 18.5 Å². The minimum absolute atomic E-state index is 0.00151. The van der Waals surface area contributed by atoms with E-state index < -0.39 is 17.5 Å². The van der Waals surface area contributed by atoms with Gasteiger partial charge in [0, 0.05) is 29.1 Å². The lowest BCUT2D eigenvalue weighted by atomic mass is 9.89. The summed E-state index contributed by atoms with van der Waals surface area (Å²) in [5.41, 5.74) is 6.38. The molecular weight excluding hydrogens is 570 g/mol. The lowest BCUT2D eigenvalue weighted by Crippen LogP contribution is -2.33. The molecule has 1 aliphatic carbocycles. The number of hydrogen-bond donors (Lipinski definition) is 4. The number of rotatable bonds is 8. The summed E-state index contributed by atoms with van der Waals surface area (Å²) in [6, 6.07) is 7.91. The van der Waals surface area contributed by atoms with E-state index in [4.69, 9.17) is 10.5 Å². The van der Waals surface area contributed by atoms with Crippen molar-refractivity contribution in [3.8, 4) is 26.9 Å². The van der Waals surface area contributed by atoms with Crippen molar-refractivity contribution in [2.45, 2.75) is 32.1 Å². The van der Waals surface area contributed by atoms with Crippen LogP contribution in [0.25, 0.3) is 21.1 Å². The molecule has 41 heavy (non-hydrogen) atoms. The molecule has 5 N–H and O–H groups in total. The van der Waals surface area contributed by atoms with Crippen molar-refractivity contribution in [3.63, 3.8) is 0 Å². The monoisotopic (exact) mass is 598 g/mol. The summed E-state index contributed by atoms with van der Waals surface area (Å²) in [6.45, 7) is 0.612. The molecule has 5 rings (SSSR count). The Hall–Kier alpha value is -4.10. The number of anilines is 3. The van der Waals surface area contributed by atoms with E-state index in [2.05, 4.69) is 25.9 Å². The van der Waals surface area contributed by atoms with Crippen LogP contribution in [0.2, 0.25) is 0 Å². The molecule has 0 radical (unpaired) electrons. The topological polar surface area (TPSA) is 131 Å². The lowest BCUT2D eigenvalue weighted by molar-refractivity contribution is 0.102. The number of thiazole rings is 2. The number of carbonyl (C=O) groups is 2. The van der Waals surface area contributed by atoms with Crippen molar-refractivity contribution in [3.05, 3.63) is 59.0 Å². The van der Waals surface area contributed by atoms with E-state index in [9.17, 15) is 18.4 Å². The summed E-state index contributed by atoms with van der Waals surface area (Å²) in [7, 11) is 1.47. The van der Waals surface area contributed by atoms with Gasteiger partial charge >= 0.3 is 6.03 Å². The second kappa shape index (κ2) is 12.6. The third-order valence-corrected chi connectivity index (χ3v) is 8.74. The number of benzene rings is 2. The van der Waals surface area contributed by atoms with E-state index >= 15 is 0 Å². The molecular formula is C28H28F2N6O3S2. The summed E-state index contributed by atoms with van der Waals surface area (Å²) in [5.74, 6) is -1.23. The molecule has 1 fully saturated rings. The predicted octanol–water partition coefficient (Wildman–Crippen LogP) is 6.76. The molecule has 2 heterocycles. The van der Waals surface area contributed by atoms with Gasteiger partial charge in [-0.1, -0.05) is 36.7 Å². The number of hydrogen-bond acceptors (Lipinski definition) is 8. The Kier molecular flexibility index (Phi) is 8.74. The number of urea groups is 1. The van der Waals surface area contributed by atoms with Crippen molar-refractivity contribution in [2.75, 3.05) is 30.0 Å². The molecule has 1 saturated carbocycles. The van der Waals surface area contributed by atoms with Gasteiger partial charge in [-0.2, -0.15) is 0 Å². The Morgan fingerprint density at radius 2 is 1.88 bits per heavy atom.